The molecule has 0 radical (unpaired) electrons. The number of imide groups is 1. The van der Waals surface area contributed by atoms with Crippen molar-refractivity contribution in [3.63, 3.8) is 0 Å². The van der Waals surface area contributed by atoms with Crippen LogP contribution >= 0.6 is 11.6 Å². The summed E-state index contributed by atoms with van der Waals surface area (Å²) >= 11 is 6.26. The minimum absolute atomic E-state index is 0.0178. The van der Waals surface area contributed by atoms with Gasteiger partial charge in [-0.1, -0.05) is 41.9 Å². The van der Waals surface area contributed by atoms with Crippen LogP contribution < -0.4 is 20.9 Å². The van der Waals surface area contributed by atoms with Gasteiger partial charge in [0.25, 0.3) is 5.56 Å². The quantitative estimate of drug-likeness (QED) is 0.587. The van der Waals surface area contributed by atoms with Gasteiger partial charge in [0.2, 0.25) is 5.91 Å². The summed E-state index contributed by atoms with van der Waals surface area (Å²) in [5, 5.41) is 5.19. The summed E-state index contributed by atoms with van der Waals surface area (Å²) in [6.07, 6.45) is 1.63. The van der Waals surface area contributed by atoms with Crippen molar-refractivity contribution in [1.82, 2.24) is 15.2 Å². The summed E-state index contributed by atoms with van der Waals surface area (Å²) < 4.78 is 7.21. The smallest absolute Gasteiger partial charge is 0.321 e. The molecule has 3 rings (SSSR count). The summed E-state index contributed by atoms with van der Waals surface area (Å²) in [7, 11) is 0. The minimum Gasteiger partial charge on any atom is -0.456 e. The normalized spacial score (nSPS) is 10.4. The van der Waals surface area contributed by atoms with Crippen LogP contribution in [0.5, 0.6) is 11.5 Å². The maximum atomic E-state index is 12.1. The zero-order valence-corrected chi connectivity index (χ0v) is 17.7. The van der Waals surface area contributed by atoms with Crippen molar-refractivity contribution in [3.8, 4) is 11.5 Å². The molecule has 3 amide bonds. The molecule has 0 atom stereocenters. The average Bonchev–Trinajstić information content (AvgIpc) is 2.74. The second-order valence-corrected chi connectivity index (χ2v) is 7.26. The van der Waals surface area contributed by atoms with Crippen LogP contribution in [0.25, 0.3) is 0 Å². The fourth-order valence-electron chi connectivity index (χ4n) is 2.88. The monoisotopic (exact) mass is 439 g/mol. The molecule has 0 bridgehead atoms. The number of carbonyl (C=O) groups is 2. The molecule has 0 unspecified atom stereocenters. The summed E-state index contributed by atoms with van der Waals surface area (Å²) in [5.74, 6) is 0.652. The van der Waals surface area contributed by atoms with Crippen molar-refractivity contribution in [2.45, 2.75) is 19.9 Å². The number of hydrogen-bond acceptors (Lipinski definition) is 4. The van der Waals surface area contributed by atoms with Gasteiger partial charge in [0.15, 0.2) is 0 Å². The van der Waals surface area contributed by atoms with Gasteiger partial charge in [-0.2, -0.15) is 0 Å². The first-order valence-electron chi connectivity index (χ1n) is 9.67. The number of amides is 3. The third kappa shape index (κ3) is 6.45. The number of ether oxygens (including phenoxy) is 1. The van der Waals surface area contributed by atoms with E-state index in [1.807, 2.05) is 30.3 Å². The van der Waals surface area contributed by atoms with Crippen LogP contribution in [-0.2, 0) is 17.8 Å². The standard InChI is InChI=1S/C23H22ClN3O4/c1-16-6-5-12-27(22(16)29)13-11-25-23(30)26-21(28)15-17-9-10-20(19(24)14-17)31-18-7-3-2-4-8-18/h2-10,12,14H,11,13,15H2,1H3,(H2,25,26,28,30). The van der Waals surface area contributed by atoms with E-state index in [2.05, 4.69) is 10.6 Å². The number of pyridine rings is 1. The van der Waals surface area contributed by atoms with E-state index < -0.39 is 11.9 Å². The number of hydrogen-bond donors (Lipinski definition) is 2. The van der Waals surface area contributed by atoms with E-state index in [4.69, 9.17) is 16.3 Å². The molecule has 2 aromatic carbocycles. The molecule has 7 nitrogen and oxygen atoms in total. The van der Waals surface area contributed by atoms with Crippen LogP contribution in [0.3, 0.4) is 0 Å². The van der Waals surface area contributed by atoms with Crippen LogP contribution in [0, 0.1) is 6.92 Å². The SMILES string of the molecule is Cc1cccn(CCNC(=O)NC(=O)Cc2ccc(Oc3ccccc3)c(Cl)c2)c1=O. The molecule has 1 aromatic heterocycles. The highest BCUT2D eigenvalue weighted by Gasteiger charge is 2.11. The number of urea groups is 1. The zero-order valence-electron chi connectivity index (χ0n) is 16.9. The third-order valence-corrected chi connectivity index (χ3v) is 4.73. The van der Waals surface area contributed by atoms with Gasteiger partial charge in [-0.05, 0) is 42.8 Å². The van der Waals surface area contributed by atoms with Crippen molar-refractivity contribution in [2.24, 2.45) is 0 Å². The third-order valence-electron chi connectivity index (χ3n) is 4.43. The molecule has 0 fully saturated rings. The molecule has 0 saturated heterocycles. The molecular formula is C23H22ClN3O4. The molecule has 0 aliphatic rings. The lowest BCUT2D eigenvalue weighted by atomic mass is 10.1. The molecule has 8 heteroatoms. The topological polar surface area (TPSA) is 89.4 Å². The van der Waals surface area contributed by atoms with Gasteiger partial charge in [-0.25, -0.2) is 4.79 Å². The molecule has 2 N–H and O–H groups in total. The lowest BCUT2D eigenvalue weighted by molar-refractivity contribution is -0.119. The summed E-state index contributed by atoms with van der Waals surface area (Å²) in [6, 6.07) is 17.1. The number of rotatable bonds is 7. The van der Waals surface area contributed by atoms with Gasteiger partial charge >= 0.3 is 6.03 Å². The first-order chi connectivity index (χ1) is 14.9. The van der Waals surface area contributed by atoms with Gasteiger partial charge in [-0.15, -0.1) is 0 Å². The summed E-state index contributed by atoms with van der Waals surface area (Å²) in [5.41, 5.74) is 1.15. The molecule has 3 aromatic rings. The molecule has 0 saturated carbocycles. The van der Waals surface area contributed by atoms with Crippen molar-refractivity contribution in [1.29, 1.82) is 0 Å². The fraction of sp³-hybridized carbons (Fsp3) is 0.174. The number of aryl methyl sites for hydroxylation is 1. The van der Waals surface area contributed by atoms with Gasteiger partial charge in [0, 0.05) is 24.8 Å². The van der Waals surface area contributed by atoms with Crippen LogP contribution in [0.15, 0.2) is 71.7 Å². The Hall–Kier alpha value is -3.58. The number of halogens is 1. The van der Waals surface area contributed by atoms with E-state index in [1.165, 1.54) is 4.57 Å². The Labute approximate surface area is 184 Å². The van der Waals surface area contributed by atoms with E-state index in [-0.39, 0.29) is 18.5 Å². The molecule has 0 aliphatic heterocycles. The first kappa shape index (κ1) is 22.1. The highest BCUT2D eigenvalue weighted by atomic mass is 35.5. The van der Waals surface area contributed by atoms with Gasteiger partial charge < -0.3 is 14.6 Å². The van der Waals surface area contributed by atoms with Crippen LogP contribution in [0.4, 0.5) is 4.79 Å². The molecule has 160 valence electrons. The van der Waals surface area contributed by atoms with E-state index in [0.717, 1.165) is 0 Å². The van der Waals surface area contributed by atoms with E-state index in [9.17, 15) is 14.4 Å². The fourth-order valence-corrected chi connectivity index (χ4v) is 3.12. The predicted octanol–water partition coefficient (Wildman–Crippen LogP) is 3.67. The second-order valence-electron chi connectivity index (χ2n) is 6.85. The van der Waals surface area contributed by atoms with E-state index in [1.54, 1.807) is 43.5 Å². The Kier molecular flexibility index (Phi) is 7.45. The number of benzene rings is 2. The maximum Gasteiger partial charge on any atom is 0.321 e. The Balaban J connectivity index is 1.47. The van der Waals surface area contributed by atoms with Crippen LogP contribution in [-0.4, -0.2) is 23.1 Å². The molecule has 1 heterocycles. The van der Waals surface area contributed by atoms with Crippen molar-refractivity contribution < 1.29 is 14.3 Å². The highest BCUT2D eigenvalue weighted by molar-refractivity contribution is 6.32. The number of nitrogens with one attached hydrogen (secondary N) is 2. The van der Waals surface area contributed by atoms with E-state index >= 15 is 0 Å². The van der Waals surface area contributed by atoms with Gasteiger partial charge in [0.1, 0.15) is 11.5 Å². The molecule has 0 aliphatic carbocycles. The second kappa shape index (κ2) is 10.4. The summed E-state index contributed by atoms with van der Waals surface area (Å²) in [4.78, 5) is 36.0. The van der Waals surface area contributed by atoms with E-state index in [0.29, 0.717) is 34.2 Å². The number of carbonyl (C=O) groups excluding carboxylic acids is 2. The maximum absolute atomic E-state index is 12.1. The van der Waals surface area contributed by atoms with Crippen molar-refractivity contribution in [3.05, 3.63) is 93.4 Å². The number of para-hydroxylation sites is 1. The first-order valence-corrected chi connectivity index (χ1v) is 10.1. The average molecular weight is 440 g/mol. The Morgan fingerprint density at radius 3 is 2.58 bits per heavy atom. The summed E-state index contributed by atoms with van der Waals surface area (Å²) in [6.45, 7) is 2.24. The van der Waals surface area contributed by atoms with Crippen LogP contribution in [0.2, 0.25) is 5.02 Å². The zero-order chi connectivity index (χ0) is 22.2. The Morgan fingerprint density at radius 1 is 1.06 bits per heavy atom. The van der Waals surface area contributed by atoms with Gasteiger partial charge in [-0.3, -0.25) is 14.9 Å². The Morgan fingerprint density at radius 2 is 1.84 bits per heavy atom. The number of nitrogens with zero attached hydrogens (tertiary/aromatic N) is 1. The highest BCUT2D eigenvalue weighted by Crippen LogP contribution is 2.30. The molecule has 0 spiro atoms. The largest absolute Gasteiger partial charge is 0.456 e. The molecule has 31 heavy (non-hydrogen) atoms. The lowest BCUT2D eigenvalue weighted by Crippen LogP contribution is -2.42. The number of aromatic nitrogens is 1. The lowest BCUT2D eigenvalue weighted by Gasteiger charge is -2.10. The predicted molar refractivity (Wildman–Crippen MR) is 119 cm³/mol. The molecular weight excluding hydrogens is 418 g/mol. The van der Waals surface area contributed by atoms with Gasteiger partial charge in [0.05, 0.1) is 11.4 Å². The van der Waals surface area contributed by atoms with Crippen LogP contribution in [0.1, 0.15) is 11.1 Å². The Bertz CT molecular complexity index is 1130. The van der Waals surface area contributed by atoms with Crippen molar-refractivity contribution >= 4 is 23.5 Å². The minimum atomic E-state index is -0.624. The van der Waals surface area contributed by atoms with Crippen molar-refractivity contribution in [2.75, 3.05) is 6.54 Å².